The number of rotatable bonds is 6. The lowest BCUT2D eigenvalue weighted by molar-refractivity contribution is 0.0660. The summed E-state index contributed by atoms with van der Waals surface area (Å²) >= 11 is 0. The third-order valence-electron chi connectivity index (χ3n) is 6.22. The molecule has 4 rings (SSSR count). The molecule has 0 bridgehead atoms. The predicted octanol–water partition coefficient (Wildman–Crippen LogP) is 3.86. The fourth-order valence-electron chi connectivity index (χ4n) is 4.23. The van der Waals surface area contributed by atoms with Crippen LogP contribution in [-0.2, 0) is 0 Å². The van der Waals surface area contributed by atoms with Crippen LogP contribution in [0.2, 0.25) is 0 Å². The van der Waals surface area contributed by atoms with E-state index in [1.54, 1.807) is 7.11 Å². The lowest BCUT2D eigenvalue weighted by Crippen LogP contribution is -2.39. The van der Waals surface area contributed by atoms with Crippen molar-refractivity contribution in [3.05, 3.63) is 59.7 Å². The quantitative estimate of drug-likeness (QED) is 0.709. The topological polar surface area (TPSA) is 59.1 Å². The Labute approximate surface area is 183 Å². The van der Waals surface area contributed by atoms with E-state index in [2.05, 4.69) is 0 Å². The van der Waals surface area contributed by atoms with Gasteiger partial charge in [0.15, 0.2) is 0 Å². The molecule has 2 aliphatic heterocycles. The molecule has 2 amide bonds. The number of nitrogens with zero attached hydrogens (tertiary/aromatic N) is 2. The number of hydrogen-bond donors (Lipinski definition) is 0. The Morgan fingerprint density at radius 2 is 1.26 bits per heavy atom. The van der Waals surface area contributed by atoms with E-state index in [-0.39, 0.29) is 11.8 Å². The van der Waals surface area contributed by atoms with Crippen molar-refractivity contribution < 1.29 is 19.1 Å². The number of hydrogen-bond acceptors (Lipinski definition) is 4. The molecule has 0 aromatic heterocycles. The van der Waals surface area contributed by atoms with Crippen LogP contribution in [-0.4, -0.2) is 61.5 Å². The number of benzene rings is 2. The van der Waals surface area contributed by atoms with Gasteiger partial charge >= 0.3 is 0 Å². The van der Waals surface area contributed by atoms with Gasteiger partial charge in [-0.2, -0.15) is 0 Å². The minimum Gasteiger partial charge on any atom is -0.497 e. The van der Waals surface area contributed by atoms with Gasteiger partial charge in [-0.05, 0) is 80.1 Å². The summed E-state index contributed by atoms with van der Waals surface area (Å²) in [4.78, 5) is 28.9. The first-order valence-corrected chi connectivity index (χ1v) is 11.1. The minimum atomic E-state index is 0.0697. The Bertz CT molecular complexity index is 881. The first-order chi connectivity index (χ1) is 15.1. The van der Waals surface area contributed by atoms with Crippen LogP contribution < -0.4 is 9.47 Å². The Morgan fingerprint density at radius 3 is 1.77 bits per heavy atom. The molecule has 0 spiro atoms. The highest BCUT2D eigenvalue weighted by Gasteiger charge is 2.24. The van der Waals surface area contributed by atoms with Crippen molar-refractivity contribution in [3.63, 3.8) is 0 Å². The monoisotopic (exact) mass is 422 g/mol. The highest BCUT2D eigenvalue weighted by atomic mass is 16.5. The number of likely N-dealkylation sites (tertiary alicyclic amines) is 2. The first-order valence-electron chi connectivity index (χ1n) is 11.1. The van der Waals surface area contributed by atoms with Crippen molar-refractivity contribution in [2.45, 2.75) is 25.7 Å². The highest BCUT2D eigenvalue weighted by Crippen LogP contribution is 2.22. The van der Waals surface area contributed by atoms with Crippen LogP contribution >= 0.6 is 0 Å². The van der Waals surface area contributed by atoms with Crippen LogP contribution in [0.5, 0.6) is 11.5 Å². The SMILES string of the molecule is COc1ccc(C(=O)N2CCC(COc3ccc(C(=O)N4CCCC4)cc3)CC2)cc1. The molecule has 0 aliphatic carbocycles. The summed E-state index contributed by atoms with van der Waals surface area (Å²) in [7, 11) is 1.62. The molecule has 0 radical (unpaired) electrons. The summed E-state index contributed by atoms with van der Waals surface area (Å²) in [5.74, 6) is 2.14. The summed E-state index contributed by atoms with van der Waals surface area (Å²) in [5, 5.41) is 0. The van der Waals surface area contributed by atoms with Gasteiger partial charge in [0.2, 0.25) is 0 Å². The number of carbonyl (C=O) groups is 2. The highest BCUT2D eigenvalue weighted by molar-refractivity contribution is 5.95. The van der Waals surface area contributed by atoms with E-state index in [4.69, 9.17) is 9.47 Å². The van der Waals surface area contributed by atoms with Crippen molar-refractivity contribution in [1.29, 1.82) is 0 Å². The molecule has 2 fully saturated rings. The number of carbonyl (C=O) groups excluding carboxylic acids is 2. The second kappa shape index (κ2) is 9.86. The summed E-state index contributed by atoms with van der Waals surface area (Å²) in [6, 6.07) is 14.7. The van der Waals surface area contributed by atoms with Gasteiger partial charge in [-0.25, -0.2) is 0 Å². The molecule has 0 N–H and O–H groups in total. The van der Waals surface area contributed by atoms with Gasteiger partial charge in [0.05, 0.1) is 13.7 Å². The molecular weight excluding hydrogens is 392 g/mol. The van der Waals surface area contributed by atoms with E-state index in [0.717, 1.165) is 68.9 Å². The van der Waals surface area contributed by atoms with Gasteiger partial charge in [0, 0.05) is 37.3 Å². The van der Waals surface area contributed by atoms with Crippen LogP contribution in [0, 0.1) is 5.92 Å². The van der Waals surface area contributed by atoms with Crippen LogP contribution in [0.15, 0.2) is 48.5 Å². The maximum atomic E-state index is 12.7. The molecule has 0 atom stereocenters. The molecular formula is C25H30N2O4. The molecule has 2 saturated heterocycles. The summed E-state index contributed by atoms with van der Waals surface area (Å²) in [6.45, 7) is 3.82. The smallest absolute Gasteiger partial charge is 0.253 e. The van der Waals surface area contributed by atoms with Gasteiger partial charge in [0.25, 0.3) is 11.8 Å². The van der Waals surface area contributed by atoms with Crippen molar-refractivity contribution in [3.8, 4) is 11.5 Å². The summed E-state index contributed by atoms with van der Waals surface area (Å²) < 4.78 is 11.1. The molecule has 2 heterocycles. The van der Waals surface area contributed by atoms with E-state index >= 15 is 0 Å². The fourth-order valence-corrected chi connectivity index (χ4v) is 4.23. The Morgan fingerprint density at radius 1 is 0.774 bits per heavy atom. The van der Waals surface area contributed by atoms with Crippen LogP contribution in [0.25, 0.3) is 0 Å². The minimum absolute atomic E-state index is 0.0697. The van der Waals surface area contributed by atoms with E-state index in [9.17, 15) is 9.59 Å². The lowest BCUT2D eigenvalue weighted by atomic mass is 9.97. The zero-order valence-electron chi connectivity index (χ0n) is 18.1. The third-order valence-corrected chi connectivity index (χ3v) is 6.22. The number of piperidine rings is 1. The molecule has 164 valence electrons. The number of ether oxygens (including phenoxy) is 2. The van der Waals surface area contributed by atoms with Gasteiger partial charge < -0.3 is 19.3 Å². The van der Waals surface area contributed by atoms with Gasteiger partial charge in [0.1, 0.15) is 11.5 Å². The van der Waals surface area contributed by atoms with Crippen molar-refractivity contribution in [1.82, 2.24) is 9.80 Å². The lowest BCUT2D eigenvalue weighted by Gasteiger charge is -2.32. The standard InChI is InChI=1S/C25H30N2O4/c1-30-22-8-4-20(5-9-22)25(29)27-16-12-19(13-17-27)18-31-23-10-6-21(7-11-23)24(28)26-14-2-3-15-26/h4-11,19H,2-3,12-18H2,1H3. The van der Waals surface area contributed by atoms with Crippen molar-refractivity contribution >= 4 is 11.8 Å². The predicted molar refractivity (Wildman–Crippen MR) is 119 cm³/mol. The molecule has 2 aromatic carbocycles. The van der Waals surface area contributed by atoms with E-state index < -0.39 is 0 Å². The van der Waals surface area contributed by atoms with Gasteiger partial charge in [-0.1, -0.05) is 0 Å². The van der Waals surface area contributed by atoms with Crippen molar-refractivity contribution in [2.75, 3.05) is 39.9 Å². The molecule has 0 saturated carbocycles. The molecule has 2 aromatic rings. The zero-order valence-corrected chi connectivity index (χ0v) is 18.1. The van der Waals surface area contributed by atoms with Crippen molar-refractivity contribution in [2.24, 2.45) is 5.92 Å². The molecule has 31 heavy (non-hydrogen) atoms. The van der Waals surface area contributed by atoms with Gasteiger partial charge in [-0.15, -0.1) is 0 Å². The van der Waals surface area contributed by atoms with E-state index in [0.29, 0.717) is 18.1 Å². The normalized spacial score (nSPS) is 16.9. The van der Waals surface area contributed by atoms with Crippen LogP contribution in [0.4, 0.5) is 0 Å². The second-order valence-corrected chi connectivity index (χ2v) is 8.30. The number of amides is 2. The average Bonchev–Trinajstić information content (AvgIpc) is 3.38. The Balaban J connectivity index is 1.22. The van der Waals surface area contributed by atoms with E-state index in [1.165, 1.54) is 0 Å². The fraction of sp³-hybridized carbons (Fsp3) is 0.440. The van der Waals surface area contributed by atoms with Crippen LogP contribution in [0.3, 0.4) is 0 Å². The third kappa shape index (κ3) is 5.19. The maximum Gasteiger partial charge on any atom is 0.253 e. The Hall–Kier alpha value is -3.02. The Kier molecular flexibility index (Phi) is 6.75. The largest absolute Gasteiger partial charge is 0.497 e. The second-order valence-electron chi connectivity index (χ2n) is 8.30. The first kappa shape index (κ1) is 21.2. The zero-order chi connectivity index (χ0) is 21.6. The molecule has 2 aliphatic rings. The summed E-state index contributed by atoms with van der Waals surface area (Å²) in [6.07, 6.45) is 4.04. The van der Waals surface area contributed by atoms with Crippen LogP contribution in [0.1, 0.15) is 46.4 Å². The molecule has 0 unspecified atom stereocenters. The number of methoxy groups -OCH3 is 1. The average molecular weight is 423 g/mol. The molecule has 6 nitrogen and oxygen atoms in total. The maximum absolute atomic E-state index is 12.7. The summed E-state index contributed by atoms with van der Waals surface area (Å²) in [5.41, 5.74) is 1.42. The molecule has 6 heteroatoms. The van der Waals surface area contributed by atoms with Gasteiger partial charge in [-0.3, -0.25) is 9.59 Å². The van der Waals surface area contributed by atoms with E-state index in [1.807, 2.05) is 58.3 Å².